The Morgan fingerprint density at radius 1 is 0.645 bits per heavy atom. The number of carboxylic acids is 2. The van der Waals surface area contributed by atoms with E-state index in [4.69, 9.17) is 10.2 Å². The molecule has 14 nitrogen and oxygen atoms in total. The van der Waals surface area contributed by atoms with Crippen LogP contribution in [0.25, 0.3) is 42.6 Å². The predicted octanol–water partition coefficient (Wildman–Crippen LogP) is 6.69. The number of nitrogens with one attached hydrogen (secondary N) is 2. The number of nitrogens with zero attached hydrogens (tertiary/aromatic N) is 2. The standard InChI is InChI=1S/C20H11F6NO5S.C17H12F3N3O5S/c21-19(22,23)9-4-8(5-10(6-9)20(24,25)26)11-2-1-3-12-15(30)14(18(32)33-16(11)12)17(31)27-7-13(28)29;1-23-9(5-10(22-23)17(18,19)20)7-3-2-4-8-13(26)12(16(28)29-14(7)8)15(27)21-6-11(24)25/h1-6,30H,7H2,(H,27,31)(H,28,29);2-5,26H,6H2,1H3,(H,21,27)(H,24,25). The van der Waals surface area contributed by atoms with Crippen molar-refractivity contribution in [1.82, 2.24) is 20.4 Å². The molecule has 3 heterocycles. The number of carbonyl (C=O) groups excluding carboxylic acids is 2. The summed E-state index contributed by atoms with van der Waals surface area (Å²) in [6, 6.07) is 9.59. The Morgan fingerprint density at radius 2 is 1.06 bits per heavy atom. The Labute approximate surface area is 345 Å². The zero-order valence-corrected chi connectivity index (χ0v) is 32.2. The third kappa shape index (κ3) is 9.78. The number of carboxylic acid groups (broad SMARTS) is 2. The van der Waals surface area contributed by atoms with Gasteiger partial charge in [-0.2, -0.15) is 44.6 Å². The normalized spacial score (nSPS) is 11.8. The van der Waals surface area contributed by atoms with Crippen LogP contribution in [0.3, 0.4) is 0 Å². The first-order valence-electron chi connectivity index (χ1n) is 16.7. The van der Waals surface area contributed by atoms with Gasteiger partial charge in [0.05, 0.1) is 21.5 Å². The van der Waals surface area contributed by atoms with Gasteiger partial charge in [-0.1, -0.05) is 46.9 Å². The summed E-state index contributed by atoms with van der Waals surface area (Å²) < 4.78 is 117. The zero-order chi connectivity index (χ0) is 46.2. The smallest absolute Gasteiger partial charge is 0.435 e. The van der Waals surface area contributed by atoms with Crippen LogP contribution in [0.2, 0.25) is 0 Å². The number of alkyl halides is 9. The van der Waals surface area contributed by atoms with E-state index in [1.165, 1.54) is 37.4 Å². The molecule has 62 heavy (non-hydrogen) atoms. The van der Waals surface area contributed by atoms with Crippen LogP contribution in [0.1, 0.15) is 37.5 Å². The van der Waals surface area contributed by atoms with Crippen LogP contribution < -0.4 is 20.1 Å². The van der Waals surface area contributed by atoms with Crippen molar-refractivity contribution in [2.24, 2.45) is 7.05 Å². The number of aromatic nitrogens is 2. The van der Waals surface area contributed by atoms with E-state index in [-0.39, 0.29) is 43.1 Å². The zero-order valence-electron chi connectivity index (χ0n) is 30.5. The van der Waals surface area contributed by atoms with E-state index >= 15 is 0 Å². The molecule has 3 aromatic heterocycles. The summed E-state index contributed by atoms with van der Waals surface area (Å²) in [4.78, 5) is 70.3. The molecule has 0 atom stereocenters. The van der Waals surface area contributed by atoms with Crippen LogP contribution in [0.4, 0.5) is 39.5 Å². The van der Waals surface area contributed by atoms with E-state index in [9.17, 15) is 78.5 Å². The number of benzene rings is 3. The first kappa shape index (κ1) is 46.1. The van der Waals surface area contributed by atoms with Crippen LogP contribution in [0.15, 0.2) is 70.3 Å². The van der Waals surface area contributed by atoms with Crippen LogP contribution >= 0.6 is 22.7 Å². The highest BCUT2D eigenvalue weighted by Gasteiger charge is 2.38. The van der Waals surface area contributed by atoms with E-state index in [1.807, 2.05) is 10.6 Å². The average molecular weight is 919 g/mol. The number of fused-ring (bicyclic) bond motifs is 2. The Balaban J connectivity index is 0.000000236. The highest BCUT2D eigenvalue weighted by molar-refractivity contribution is 7.17. The van der Waals surface area contributed by atoms with Gasteiger partial charge in [-0.3, -0.25) is 33.4 Å². The molecule has 0 spiro atoms. The Kier molecular flexibility index (Phi) is 12.7. The molecular weight excluding hydrogens is 896 g/mol. The van der Waals surface area contributed by atoms with Gasteiger partial charge in [-0.05, 0) is 47.5 Å². The number of aromatic hydroxyl groups is 2. The summed E-state index contributed by atoms with van der Waals surface area (Å²) in [5.74, 6) is -6.62. The van der Waals surface area contributed by atoms with Gasteiger partial charge in [0.15, 0.2) is 5.69 Å². The molecule has 6 N–H and O–H groups in total. The minimum absolute atomic E-state index is 0.0422. The molecule has 0 saturated heterocycles. The molecule has 0 fully saturated rings. The molecule has 0 aliphatic heterocycles. The largest absolute Gasteiger partial charge is 0.506 e. The maximum absolute atomic E-state index is 13.2. The lowest BCUT2D eigenvalue weighted by atomic mass is 9.97. The quantitative estimate of drug-likeness (QED) is 0.0883. The summed E-state index contributed by atoms with van der Waals surface area (Å²) in [5, 5.41) is 45.3. The number of aryl methyl sites for hydroxylation is 1. The summed E-state index contributed by atoms with van der Waals surface area (Å²) in [5.41, 5.74) is -6.14. The predicted molar refractivity (Wildman–Crippen MR) is 202 cm³/mol. The summed E-state index contributed by atoms with van der Waals surface area (Å²) >= 11 is 0.853. The second-order valence-electron chi connectivity index (χ2n) is 12.6. The van der Waals surface area contributed by atoms with Crippen LogP contribution in [-0.2, 0) is 35.2 Å². The Morgan fingerprint density at radius 3 is 1.45 bits per heavy atom. The fourth-order valence-electron chi connectivity index (χ4n) is 5.70. The van der Waals surface area contributed by atoms with Crippen molar-refractivity contribution < 1.29 is 79.1 Å². The van der Waals surface area contributed by atoms with Gasteiger partial charge in [-0.25, -0.2) is 0 Å². The van der Waals surface area contributed by atoms with E-state index in [0.717, 1.165) is 16.8 Å². The van der Waals surface area contributed by atoms with Crippen molar-refractivity contribution in [2.45, 2.75) is 18.5 Å². The van der Waals surface area contributed by atoms with E-state index < -0.39 is 110 Å². The highest BCUT2D eigenvalue weighted by atomic mass is 32.1. The summed E-state index contributed by atoms with van der Waals surface area (Å²) in [6.07, 6.45) is -14.8. The molecule has 0 radical (unpaired) electrons. The minimum Gasteiger partial charge on any atom is -0.506 e. The number of rotatable bonds is 8. The first-order valence-corrected chi connectivity index (χ1v) is 18.3. The van der Waals surface area contributed by atoms with Gasteiger partial charge >= 0.3 is 30.5 Å². The van der Waals surface area contributed by atoms with Gasteiger partial charge in [0.25, 0.3) is 11.8 Å². The van der Waals surface area contributed by atoms with Gasteiger partial charge in [0.1, 0.15) is 35.7 Å². The monoisotopic (exact) mass is 918 g/mol. The maximum Gasteiger partial charge on any atom is 0.435 e. The van der Waals surface area contributed by atoms with Crippen LogP contribution in [0, 0.1) is 0 Å². The van der Waals surface area contributed by atoms with Gasteiger partial charge in [-0.15, -0.1) is 0 Å². The number of aliphatic carboxylic acids is 2. The van der Waals surface area contributed by atoms with Crippen molar-refractivity contribution in [2.75, 3.05) is 13.1 Å². The average Bonchev–Trinajstić information content (AvgIpc) is 3.57. The molecular formula is C37H23F9N4O10S2. The van der Waals surface area contributed by atoms with Crippen molar-refractivity contribution in [3.63, 3.8) is 0 Å². The second-order valence-corrected chi connectivity index (χ2v) is 14.5. The van der Waals surface area contributed by atoms with Gasteiger partial charge in [0.2, 0.25) is 9.48 Å². The lowest BCUT2D eigenvalue weighted by molar-refractivity contribution is -0.143. The first-order chi connectivity index (χ1) is 28.7. The van der Waals surface area contributed by atoms with Crippen molar-refractivity contribution in [3.8, 4) is 33.9 Å². The molecule has 25 heteroatoms. The van der Waals surface area contributed by atoms with E-state index in [0.29, 0.717) is 34.8 Å². The lowest BCUT2D eigenvalue weighted by Crippen LogP contribution is -2.32. The SMILES string of the molecule is Cn1nc(C(F)(F)F)cc1-c1cccc2c(O)c(C(=O)NCC(=O)O)c(=O)sc12.O=C(O)CNC(=O)c1c(O)c2cccc(-c3cc(C(F)(F)F)cc(C(F)(F)F)c3)c2sc1=O. The van der Waals surface area contributed by atoms with Crippen molar-refractivity contribution in [3.05, 3.63) is 108 Å². The van der Waals surface area contributed by atoms with Gasteiger partial charge in [0, 0.05) is 28.1 Å². The minimum atomic E-state index is -5.09. The van der Waals surface area contributed by atoms with Crippen LogP contribution in [-0.4, -0.2) is 67.0 Å². The summed E-state index contributed by atoms with van der Waals surface area (Å²) in [6.45, 7) is -1.61. The number of amides is 2. The third-order valence-electron chi connectivity index (χ3n) is 8.41. The molecule has 0 unspecified atom stereocenters. The number of halogens is 9. The van der Waals surface area contributed by atoms with Crippen molar-refractivity contribution >= 4 is 66.6 Å². The molecule has 0 aliphatic rings. The Hall–Kier alpha value is -7.02. The maximum atomic E-state index is 13.2. The topological polar surface area (TPSA) is 225 Å². The molecule has 3 aromatic carbocycles. The molecule has 6 aromatic rings. The fraction of sp³-hybridized carbons (Fsp3) is 0.162. The van der Waals surface area contributed by atoms with E-state index in [1.54, 1.807) is 0 Å². The molecule has 0 aliphatic carbocycles. The molecule has 2 amide bonds. The van der Waals surface area contributed by atoms with Crippen molar-refractivity contribution in [1.29, 1.82) is 0 Å². The van der Waals surface area contributed by atoms with E-state index in [2.05, 4.69) is 5.10 Å². The number of hydrogen-bond acceptors (Lipinski definition) is 11. The molecule has 0 saturated carbocycles. The van der Waals surface area contributed by atoms with Gasteiger partial charge < -0.3 is 31.1 Å². The number of hydrogen-bond donors (Lipinski definition) is 6. The molecule has 6 rings (SSSR count). The third-order valence-corrected chi connectivity index (χ3v) is 10.5. The summed E-state index contributed by atoms with van der Waals surface area (Å²) in [7, 11) is 1.31. The second kappa shape index (κ2) is 17.2. The Bertz CT molecular complexity index is 2890. The number of carbonyl (C=O) groups is 4. The fourth-order valence-corrected chi connectivity index (χ4v) is 7.78. The highest BCUT2D eigenvalue weighted by Crippen LogP contribution is 2.42. The molecule has 0 bridgehead atoms. The molecule has 326 valence electrons. The van der Waals surface area contributed by atoms with Crippen LogP contribution in [0.5, 0.6) is 11.5 Å². The lowest BCUT2D eigenvalue weighted by Gasteiger charge is -2.15.